The maximum Gasteiger partial charge on any atom is 0.243 e. The molecule has 1 saturated heterocycles. The molecule has 0 bridgehead atoms. The number of carbonyl (C=O) groups is 1. The minimum Gasteiger partial charge on any atom is -0.487 e. The molecule has 1 aliphatic rings. The molecule has 0 aliphatic carbocycles. The molecule has 1 amide bonds. The van der Waals surface area contributed by atoms with Gasteiger partial charge in [-0.2, -0.15) is 0 Å². The van der Waals surface area contributed by atoms with E-state index in [1.165, 1.54) is 0 Å². The molecule has 152 valence electrons. The zero-order chi connectivity index (χ0) is 19.1. The fraction of sp³-hybridized carbons (Fsp3) is 0.579. The Morgan fingerprint density at radius 1 is 1.44 bits per heavy atom. The third-order valence-corrected chi connectivity index (χ3v) is 4.74. The first kappa shape index (κ1) is 23.8. The van der Waals surface area contributed by atoms with E-state index in [-0.39, 0.29) is 48.6 Å². The summed E-state index contributed by atoms with van der Waals surface area (Å²) in [6.45, 7) is 5.90. The van der Waals surface area contributed by atoms with Crippen LogP contribution in [0.5, 0.6) is 5.75 Å². The summed E-state index contributed by atoms with van der Waals surface area (Å²) in [6, 6.07) is 7.80. The normalized spacial score (nSPS) is 17.9. The fourth-order valence-corrected chi connectivity index (χ4v) is 2.76. The van der Waals surface area contributed by atoms with E-state index >= 15 is 0 Å². The van der Waals surface area contributed by atoms with Crippen LogP contribution < -0.4 is 10.1 Å². The Morgan fingerprint density at radius 2 is 2.15 bits per heavy atom. The van der Waals surface area contributed by atoms with Crippen LogP contribution in [0.2, 0.25) is 5.02 Å². The first-order chi connectivity index (χ1) is 12.4. The molecular weight excluding hydrogens is 479 g/mol. The highest BCUT2D eigenvalue weighted by molar-refractivity contribution is 14.0. The summed E-state index contributed by atoms with van der Waals surface area (Å²) >= 11 is 6.19. The van der Waals surface area contributed by atoms with E-state index in [0.29, 0.717) is 17.3 Å². The second kappa shape index (κ2) is 11.6. The molecule has 27 heavy (non-hydrogen) atoms. The number of halogens is 2. The highest BCUT2D eigenvalue weighted by Crippen LogP contribution is 2.26. The number of benzene rings is 1. The minimum absolute atomic E-state index is 0. The zero-order valence-electron chi connectivity index (χ0n) is 16.4. The lowest BCUT2D eigenvalue weighted by Crippen LogP contribution is -2.45. The average Bonchev–Trinajstić information content (AvgIpc) is 3.08. The van der Waals surface area contributed by atoms with Crippen molar-refractivity contribution >= 4 is 47.4 Å². The number of amides is 1. The SMILES string of the molecule is CCC(C)NC(=NCC(=O)N(C)C)N1CCC(Oc2ccccc2Cl)C1.I. The van der Waals surface area contributed by atoms with Crippen molar-refractivity contribution in [3.8, 4) is 5.75 Å². The number of likely N-dealkylation sites (N-methyl/N-ethyl adjacent to an activating group) is 1. The smallest absolute Gasteiger partial charge is 0.243 e. The largest absolute Gasteiger partial charge is 0.487 e. The Kier molecular flexibility index (Phi) is 10.2. The van der Waals surface area contributed by atoms with Gasteiger partial charge in [0.15, 0.2) is 5.96 Å². The summed E-state index contributed by atoms with van der Waals surface area (Å²) < 4.78 is 6.05. The quantitative estimate of drug-likeness (QED) is 0.364. The Balaban J connectivity index is 0.00000364. The van der Waals surface area contributed by atoms with E-state index in [1.807, 2.05) is 24.3 Å². The molecule has 0 radical (unpaired) electrons. The van der Waals surface area contributed by atoms with Gasteiger partial charge in [0.05, 0.1) is 11.6 Å². The first-order valence-electron chi connectivity index (χ1n) is 9.08. The summed E-state index contributed by atoms with van der Waals surface area (Å²) in [7, 11) is 3.48. The number of ether oxygens (including phenoxy) is 1. The Hall–Kier alpha value is -1.22. The number of likely N-dealkylation sites (tertiary alicyclic amines) is 1. The maximum absolute atomic E-state index is 11.9. The second-order valence-corrected chi connectivity index (χ2v) is 7.19. The van der Waals surface area contributed by atoms with Crippen LogP contribution in [0.15, 0.2) is 29.3 Å². The fourth-order valence-electron chi connectivity index (χ4n) is 2.58. The van der Waals surface area contributed by atoms with Gasteiger partial charge in [-0.15, -0.1) is 24.0 Å². The monoisotopic (exact) mass is 508 g/mol. The van der Waals surface area contributed by atoms with E-state index < -0.39 is 0 Å². The molecule has 6 nitrogen and oxygen atoms in total. The number of para-hydroxylation sites is 1. The van der Waals surface area contributed by atoms with Crippen molar-refractivity contribution in [1.82, 2.24) is 15.1 Å². The average molecular weight is 509 g/mol. The molecule has 1 heterocycles. The lowest BCUT2D eigenvalue weighted by Gasteiger charge is -2.25. The van der Waals surface area contributed by atoms with Gasteiger partial charge in [-0.3, -0.25) is 4.79 Å². The number of hydrogen-bond donors (Lipinski definition) is 1. The maximum atomic E-state index is 11.9. The van der Waals surface area contributed by atoms with Gasteiger partial charge in [-0.05, 0) is 25.5 Å². The second-order valence-electron chi connectivity index (χ2n) is 6.79. The van der Waals surface area contributed by atoms with E-state index in [2.05, 4.69) is 29.1 Å². The summed E-state index contributed by atoms with van der Waals surface area (Å²) in [5, 5.41) is 4.04. The predicted octanol–water partition coefficient (Wildman–Crippen LogP) is 3.24. The molecule has 0 aromatic heterocycles. The lowest BCUT2D eigenvalue weighted by atomic mass is 10.3. The van der Waals surface area contributed by atoms with Crippen LogP contribution >= 0.6 is 35.6 Å². The van der Waals surface area contributed by atoms with E-state index in [1.54, 1.807) is 19.0 Å². The Bertz CT molecular complexity index is 642. The molecule has 1 aliphatic heterocycles. The number of nitrogens with one attached hydrogen (secondary N) is 1. The molecule has 0 saturated carbocycles. The number of guanidine groups is 1. The van der Waals surface area contributed by atoms with E-state index in [0.717, 1.165) is 25.3 Å². The van der Waals surface area contributed by atoms with Gasteiger partial charge in [-0.1, -0.05) is 30.7 Å². The molecule has 0 spiro atoms. The van der Waals surface area contributed by atoms with E-state index in [4.69, 9.17) is 16.3 Å². The molecule has 1 aromatic carbocycles. The minimum atomic E-state index is -0.0171. The molecule has 2 rings (SSSR count). The topological polar surface area (TPSA) is 57.2 Å². The first-order valence-corrected chi connectivity index (χ1v) is 9.45. The molecule has 1 aromatic rings. The van der Waals surface area contributed by atoms with Gasteiger partial charge >= 0.3 is 0 Å². The molecule has 2 atom stereocenters. The van der Waals surface area contributed by atoms with Gasteiger partial charge in [0.1, 0.15) is 18.4 Å². The van der Waals surface area contributed by atoms with Crippen molar-refractivity contribution in [2.75, 3.05) is 33.7 Å². The van der Waals surface area contributed by atoms with Crippen LogP contribution in [-0.4, -0.2) is 67.5 Å². The van der Waals surface area contributed by atoms with Crippen LogP contribution in [0.4, 0.5) is 0 Å². The third-order valence-electron chi connectivity index (χ3n) is 4.43. The number of aliphatic imine (C=N–C) groups is 1. The van der Waals surface area contributed by atoms with Gasteiger partial charge in [-0.25, -0.2) is 4.99 Å². The highest BCUT2D eigenvalue weighted by atomic mass is 127. The van der Waals surface area contributed by atoms with Crippen LogP contribution in [0.1, 0.15) is 26.7 Å². The summed E-state index contributed by atoms with van der Waals surface area (Å²) in [5.74, 6) is 1.45. The molecule has 2 unspecified atom stereocenters. The Labute approximate surface area is 184 Å². The number of carbonyl (C=O) groups excluding carboxylic acids is 1. The molecule has 8 heteroatoms. The predicted molar refractivity (Wildman–Crippen MR) is 121 cm³/mol. The lowest BCUT2D eigenvalue weighted by molar-refractivity contribution is -0.127. The van der Waals surface area contributed by atoms with Gasteiger partial charge in [0.25, 0.3) is 0 Å². The van der Waals surface area contributed by atoms with Crippen LogP contribution in [0.25, 0.3) is 0 Å². The molecule has 1 fully saturated rings. The summed E-state index contributed by atoms with van der Waals surface area (Å²) in [5.41, 5.74) is 0. The van der Waals surface area contributed by atoms with Crippen molar-refractivity contribution in [1.29, 1.82) is 0 Å². The zero-order valence-corrected chi connectivity index (χ0v) is 19.5. The number of nitrogens with zero attached hydrogens (tertiary/aromatic N) is 3. The number of rotatable bonds is 6. The standard InChI is InChI=1S/C19H29ClN4O2.HI/c1-5-14(2)22-19(21-12-18(25)23(3)4)24-11-10-15(13-24)26-17-9-7-6-8-16(17)20;/h6-9,14-15H,5,10-13H2,1-4H3,(H,21,22);1H. The van der Waals surface area contributed by atoms with Gasteiger partial charge in [0, 0.05) is 33.1 Å². The molecular formula is C19H30ClIN4O2. The van der Waals surface area contributed by atoms with Crippen molar-refractivity contribution in [2.24, 2.45) is 4.99 Å². The van der Waals surface area contributed by atoms with Gasteiger partial charge in [0.2, 0.25) is 5.91 Å². The van der Waals surface area contributed by atoms with Gasteiger partial charge < -0.3 is 19.9 Å². The summed E-state index contributed by atoms with van der Waals surface area (Å²) in [4.78, 5) is 20.1. The van der Waals surface area contributed by atoms with Crippen LogP contribution in [0, 0.1) is 0 Å². The third kappa shape index (κ3) is 7.37. The van der Waals surface area contributed by atoms with Crippen molar-refractivity contribution in [2.45, 2.75) is 38.8 Å². The van der Waals surface area contributed by atoms with Crippen molar-refractivity contribution in [3.63, 3.8) is 0 Å². The number of hydrogen-bond acceptors (Lipinski definition) is 3. The Morgan fingerprint density at radius 3 is 2.78 bits per heavy atom. The molecule has 1 N–H and O–H groups in total. The van der Waals surface area contributed by atoms with Crippen LogP contribution in [-0.2, 0) is 4.79 Å². The highest BCUT2D eigenvalue weighted by Gasteiger charge is 2.27. The van der Waals surface area contributed by atoms with E-state index in [9.17, 15) is 4.79 Å². The summed E-state index contributed by atoms with van der Waals surface area (Å²) in [6.07, 6.45) is 1.91. The van der Waals surface area contributed by atoms with Crippen molar-refractivity contribution < 1.29 is 9.53 Å². The van der Waals surface area contributed by atoms with Crippen molar-refractivity contribution in [3.05, 3.63) is 29.3 Å². The van der Waals surface area contributed by atoms with Crippen LogP contribution in [0.3, 0.4) is 0 Å².